The Labute approximate surface area is 169 Å². The number of hydrogen-bond donors (Lipinski definition) is 0. The highest BCUT2D eigenvalue weighted by Gasteiger charge is 2.29. The molecule has 0 aromatic heterocycles. The standard InChI is InChI=1S/C21H26BrNO4/c1-24-15-7-8-16(19(11-15)25-2)18-6-5-9-23(18)13-14-10-20(26-3)21(27-4)12-17(14)22/h7-8,10-12,18H,5-6,9,13H2,1-4H3. The Bertz CT molecular complexity index is 796. The van der Waals surface area contributed by atoms with E-state index in [1.54, 1.807) is 28.4 Å². The van der Waals surface area contributed by atoms with Gasteiger partial charge in [0.15, 0.2) is 11.5 Å². The molecule has 0 amide bonds. The first-order valence-corrected chi connectivity index (χ1v) is 9.77. The van der Waals surface area contributed by atoms with E-state index >= 15 is 0 Å². The van der Waals surface area contributed by atoms with Gasteiger partial charge in [-0.3, -0.25) is 4.90 Å². The summed E-state index contributed by atoms with van der Waals surface area (Å²) in [4.78, 5) is 2.48. The molecule has 0 spiro atoms. The van der Waals surface area contributed by atoms with E-state index in [4.69, 9.17) is 18.9 Å². The van der Waals surface area contributed by atoms with Crippen molar-refractivity contribution in [1.29, 1.82) is 0 Å². The van der Waals surface area contributed by atoms with Crippen LogP contribution in [0.15, 0.2) is 34.8 Å². The highest BCUT2D eigenvalue weighted by Crippen LogP contribution is 2.41. The molecular weight excluding hydrogens is 410 g/mol. The highest BCUT2D eigenvalue weighted by atomic mass is 79.9. The minimum absolute atomic E-state index is 0.311. The number of halogens is 1. The topological polar surface area (TPSA) is 40.2 Å². The molecule has 1 atom stereocenters. The fourth-order valence-electron chi connectivity index (χ4n) is 3.70. The minimum Gasteiger partial charge on any atom is -0.497 e. The van der Waals surface area contributed by atoms with Crippen molar-refractivity contribution < 1.29 is 18.9 Å². The summed E-state index contributed by atoms with van der Waals surface area (Å²) in [6, 6.07) is 10.4. The molecule has 0 bridgehead atoms. The second kappa shape index (κ2) is 8.85. The molecule has 0 N–H and O–H groups in total. The van der Waals surface area contributed by atoms with Gasteiger partial charge in [-0.05, 0) is 43.1 Å². The molecule has 0 radical (unpaired) electrons. The fraction of sp³-hybridized carbons (Fsp3) is 0.429. The van der Waals surface area contributed by atoms with Crippen LogP contribution in [0.5, 0.6) is 23.0 Å². The van der Waals surface area contributed by atoms with Gasteiger partial charge in [-0.25, -0.2) is 0 Å². The van der Waals surface area contributed by atoms with E-state index in [0.717, 1.165) is 53.4 Å². The largest absolute Gasteiger partial charge is 0.497 e. The first-order chi connectivity index (χ1) is 13.1. The van der Waals surface area contributed by atoms with Gasteiger partial charge in [0.1, 0.15) is 11.5 Å². The number of benzene rings is 2. The molecule has 2 aromatic rings. The van der Waals surface area contributed by atoms with Crippen LogP contribution in [0.4, 0.5) is 0 Å². The lowest BCUT2D eigenvalue weighted by Crippen LogP contribution is -2.23. The highest BCUT2D eigenvalue weighted by molar-refractivity contribution is 9.10. The maximum Gasteiger partial charge on any atom is 0.161 e. The van der Waals surface area contributed by atoms with Crippen LogP contribution in [-0.4, -0.2) is 39.9 Å². The van der Waals surface area contributed by atoms with Gasteiger partial charge in [-0.1, -0.05) is 22.0 Å². The van der Waals surface area contributed by atoms with Crippen molar-refractivity contribution in [2.75, 3.05) is 35.0 Å². The molecule has 6 heteroatoms. The van der Waals surface area contributed by atoms with Crippen LogP contribution in [0, 0.1) is 0 Å². The monoisotopic (exact) mass is 435 g/mol. The maximum atomic E-state index is 5.64. The average Bonchev–Trinajstić information content (AvgIpc) is 3.16. The van der Waals surface area contributed by atoms with Crippen molar-refractivity contribution in [2.24, 2.45) is 0 Å². The summed E-state index contributed by atoms with van der Waals surface area (Å²) in [5.74, 6) is 3.15. The molecule has 1 saturated heterocycles. The van der Waals surface area contributed by atoms with E-state index in [-0.39, 0.29) is 0 Å². The Balaban J connectivity index is 1.88. The lowest BCUT2D eigenvalue weighted by molar-refractivity contribution is 0.241. The second-order valence-electron chi connectivity index (χ2n) is 6.53. The predicted molar refractivity (Wildman–Crippen MR) is 109 cm³/mol. The van der Waals surface area contributed by atoms with Crippen molar-refractivity contribution in [3.63, 3.8) is 0 Å². The van der Waals surface area contributed by atoms with E-state index in [9.17, 15) is 0 Å². The van der Waals surface area contributed by atoms with Gasteiger partial charge >= 0.3 is 0 Å². The summed E-state index contributed by atoms with van der Waals surface area (Å²) < 4.78 is 22.9. The summed E-state index contributed by atoms with van der Waals surface area (Å²) in [7, 11) is 6.69. The van der Waals surface area contributed by atoms with Gasteiger partial charge in [0.2, 0.25) is 0 Å². The summed E-state index contributed by atoms with van der Waals surface area (Å²) in [5.41, 5.74) is 2.37. The van der Waals surface area contributed by atoms with E-state index in [0.29, 0.717) is 6.04 Å². The molecule has 2 aromatic carbocycles. The lowest BCUT2D eigenvalue weighted by atomic mass is 10.0. The van der Waals surface area contributed by atoms with Crippen LogP contribution in [0.3, 0.4) is 0 Å². The Morgan fingerprint density at radius 2 is 1.63 bits per heavy atom. The Morgan fingerprint density at radius 1 is 0.926 bits per heavy atom. The summed E-state index contributed by atoms with van der Waals surface area (Å²) >= 11 is 3.68. The van der Waals surface area contributed by atoms with Crippen LogP contribution < -0.4 is 18.9 Å². The van der Waals surface area contributed by atoms with Gasteiger partial charge in [0.05, 0.1) is 28.4 Å². The van der Waals surface area contributed by atoms with E-state index in [1.165, 1.54) is 11.1 Å². The zero-order chi connectivity index (χ0) is 19.4. The van der Waals surface area contributed by atoms with Crippen molar-refractivity contribution in [3.8, 4) is 23.0 Å². The molecule has 5 nitrogen and oxygen atoms in total. The molecule has 1 aliphatic heterocycles. The maximum absolute atomic E-state index is 5.64. The van der Waals surface area contributed by atoms with Crippen molar-refractivity contribution in [2.45, 2.75) is 25.4 Å². The van der Waals surface area contributed by atoms with Crippen LogP contribution in [0.1, 0.15) is 30.0 Å². The number of methoxy groups -OCH3 is 4. The number of hydrogen-bond acceptors (Lipinski definition) is 5. The number of rotatable bonds is 7. The molecule has 0 saturated carbocycles. The van der Waals surface area contributed by atoms with Gasteiger partial charge in [0.25, 0.3) is 0 Å². The molecule has 1 heterocycles. The second-order valence-corrected chi connectivity index (χ2v) is 7.39. The normalized spacial score (nSPS) is 17.0. The van der Waals surface area contributed by atoms with Gasteiger partial charge in [-0.15, -0.1) is 0 Å². The third kappa shape index (κ3) is 4.17. The molecular formula is C21H26BrNO4. The average molecular weight is 436 g/mol. The van der Waals surface area contributed by atoms with Gasteiger partial charge < -0.3 is 18.9 Å². The number of ether oxygens (including phenoxy) is 4. The van der Waals surface area contributed by atoms with Crippen LogP contribution in [0.25, 0.3) is 0 Å². The van der Waals surface area contributed by atoms with Crippen molar-refractivity contribution in [1.82, 2.24) is 4.90 Å². The van der Waals surface area contributed by atoms with E-state index < -0.39 is 0 Å². The number of likely N-dealkylation sites (tertiary alicyclic amines) is 1. The Hall–Kier alpha value is -1.92. The zero-order valence-corrected chi connectivity index (χ0v) is 17.8. The van der Waals surface area contributed by atoms with E-state index in [2.05, 4.69) is 26.9 Å². The zero-order valence-electron chi connectivity index (χ0n) is 16.3. The third-order valence-electron chi connectivity index (χ3n) is 5.09. The van der Waals surface area contributed by atoms with Crippen molar-refractivity contribution >= 4 is 15.9 Å². The van der Waals surface area contributed by atoms with Gasteiger partial charge in [-0.2, -0.15) is 0 Å². The van der Waals surface area contributed by atoms with Gasteiger partial charge in [0, 0.05) is 28.7 Å². The molecule has 146 valence electrons. The van der Waals surface area contributed by atoms with Crippen LogP contribution in [-0.2, 0) is 6.54 Å². The predicted octanol–water partition coefficient (Wildman–Crippen LogP) is 4.82. The Kier molecular flexibility index (Phi) is 6.50. The number of nitrogens with zero attached hydrogens (tertiary/aromatic N) is 1. The molecule has 1 unspecified atom stereocenters. The molecule has 3 rings (SSSR count). The molecule has 27 heavy (non-hydrogen) atoms. The molecule has 1 fully saturated rings. The Morgan fingerprint density at radius 3 is 2.30 bits per heavy atom. The third-order valence-corrected chi connectivity index (χ3v) is 5.83. The fourth-order valence-corrected chi connectivity index (χ4v) is 4.15. The SMILES string of the molecule is COc1ccc(C2CCCN2Cc2cc(OC)c(OC)cc2Br)c(OC)c1. The van der Waals surface area contributed by atoms with E-state index in [1.807, 2.05) is 24.3 Å². The summed E-state index contributed by atoms with van der Waals surface area (Å²) in [5, 5.41) is 0. The van der Waals surface area contributed by atoms with Crippen molar-refractivity contribution in [3.05, 3.63) is 45.9 Å². The van der Waals surface area contributed by atoms with Crippen LogP contribution >= 0.6 is 15.9 Å². The lowest BCUT2D eigenvalue weighted by Gasteiger charge is -2.27. The molecule has 0 aliphatic carbocycles. The smallest absolute Gasteiger partial charge is 0.161 e. The summed E-state index contributed by atoms with van der Waals surface area (Å²) in [6.45, 7) is 1.86. The first-order valence-electron chi connectivity index (χ1n) is 8.97. The first kappa shape index (κ1) is 19.8. The van der Waals surface area contributed by atoms with Crippen LogP contribution in [0.2, 0.25) is 0 Å². The quantitative estimate of drug-likeness (QED) is 0.623. The minimum atomic E-state index is 0.311. The molecule has 1 aliphatic rings. The summed E-state index contributed by atoms with van der Waals surface area (Å²) in [6.07, 6.45) is 2.26.